The summed E-state index contributed by atoms with van der Waals surface area (Å²) < 4.78 is 1.91. The highest BCUT2D eigenvalue weighted by molar-refractivity contribution is 7.98. The Bertz CT molecular complexity index is 437. The van der Waals surface area contributed by atoms with Crippen molar-refractivity contribution in [3.63, 3.8) is 0 Å². The van der Waals surface area contributed by atoms with Crippen LogP contribution in [0, 0.1) is 0 Å². The third-order valence-corrected chi connectivity index (χ3v) is 2.64. The molecule has 0 saturated heterocycles. The molecule has 5 heteroatoms. The number of aromatic nitrogens is 3. The Morgan fingerprint density at radius 1 is 1.50 bits per heavy atom. The van der Waals surface area contributed by atoms with Crippen LogP contribution in [-0.2, 0) is 6.54 Å². The summed E-state index contributed by atoms with van der Waals surface area (Å²) in [6, 6.07) is 5.68. The van der Waals surface area contributed by atoms with Crippen molar-refractivity contribution in [3.8, 4) is 0 Å². The van der Waals surface area contributed by atoms with E-state index in [9.17, 15) is 0 Å². The second kappa shape index (κ2) is 3.88. The lowest BCUT2D eigenvalue weighted by atomic mass is 10.3. The first-order chi connectivity index (χ1) is 6.81. The van der Waals surface area contributed by atoms with Crippen molar-refractivity contribution in [2.45, 2.75) is 6.54 Å². The molecule has 1 aromatic heterocycles. The number of nitrogens with two attached hydrogens (primary N) is 1. The molecule has 0 aliphatic rings. The maximum atomic E-state index is 5.65. The number of rotatable bonds is 3. The smallest absolute Gasteiger partial charge is 0.115 e. The standard InChI is InChI=1S/C9H12N4S/c1-14-5-4-13-9-3-2-7(10)6-8(9)11-12-13/h2-3,6H,4-5,10H2,1H3. The van der Waals surface area contributed by atoms with E-state index in [0.29, 0.717) is 0 Å². The first kappa shape index (κ1) is 9.33. The Hall–Kier alpha value is -1.23. The number of benzene rings is 1. The quantitative estimate of drug-likeness (QED) is 0.774. The SMILES string of the molecule is CSCCn1nnc2cc(N)ccc21. The second-order valence-corrected chi connectivity index (χ2v) is 4.04. The molecule has 0 aliphatic heterocycles. The molecule has 2 rings (SSSR count). The van der Waals surface area contributed by atoms with E-state index in [-0.39, 0.29) is 0 Å². The number of fused-ring (bicyclic) bond motifs is 1. The highest BCUT2D eigenvalue weighted by Crippen LogP contribution is 2.14. The molecule has 1 heterocycles. The highest BCUT2D eigenvalue weighted by Gasteiger charge is 2.03. The third-order valence-electron chi connectivity index (χ3n) is 2.05. The Labute approximate surface area is 86.5 Å². The molecular weight excluding hydrogens is 196 g/mol. The third kappa shape index (κ3) is 1.68. The first-order valence-electron chi connectivity index (χ1n) is 4.39. The van der Waals surface area contributed by atoms with Gasteiger partial charge in [0.25, 0.3) is 0 Å². The van der Waals surface area contributed by atoms with Crippen molar-refractivity contribution in [1.82, 2.24) is 15.0 Å². The van der Waals surface area contributed by atoms with Crippen LogP contribution in [0.1, 0.15) is 0 Å². The molecule has 0 radical (unpaired) electrons. The van der Waals surface area contributed by atoms with E-state index in [4.69, 9.17) is 5.73 Å². The van der Waals surface area contributed by atoms with Crippen molar-refractivity contribution in [1.29, 1.82) is 0 Å². The van der Waals surface area contributed by atoms with Crippen LogP contribution >= 0.6 is 11.8 Å². The fourth-order valence-electron chi connectivity index (χ4n) is 1.33. The molecule has 0 spiro atoms. The Morgan fingerprint density at radius 3 is 3.14 bits per heavy atom. The normalized spacial score (nSPS) is 10.9. The van der Waals surface area contributed by atoms with Gasteiger partial charge < -0.3 is 5.73 Å². The number of anilines is 1. The summed E-state index contributed by atoms with van der Waals surface area (Å²) >= 11 is 1.80. The van der Waals surface area contributed by atoms with Crippen LogP contribution in [0.25, 0.3) is 11.0 Å². The van der Waals surface area contributed by atoms with Gasteiger partial charge in [0.2, 0.25) is 0 Å². The lowest BCUT2D eigenvalue weighted by Gasteiger charge is -1.99. The van der Waals surface area contributed by atoms with Crippen molar-refractivity contribution in [3.05, 3.63) is 18.2 Å². The minimum atomic E-state index is 0.731. The summed E-state index contributed by atoms with van der Waals surface area (Å²) in [5.41, 5.74) is 8.30. The van der Waals surface area contributed by atoms with Gasteiger partial charge in [0.05, 0.1) is 12.1 Å². The average Bonchev–Trinajstić information content (AvgIpc) is 2.57. The van der Waals surface area contributed by atoms with Crippen LogP contribution in [0.2, 0.25) is 0 Å². The van der Waals surface area contributed by atoms with Gasteiger partial charge in [0.1, 0.15) is 5.52 Å². The largest absolute Gasteiger partial charge is 0.399 e. The Morgan fingerprint density at radius 2 is 2.36 bits per heavy atom. The van der Waals surface area contributed by atoms with Gasteiger partial charge in [-0.15, -0.1) is 5.10 Å². The first-order valence-corrected chi connectivity index (χ1v) is 5.78. The van der Waals surface area contributed by atoms with Crippen molar-refractivity contribution < 1.29 is 0 Å². The van der Waals surface area contributed by atoms with E-state index in [1.165, 1.54) is 0 Å². The van der Waals surface area contributed by atoms with Gasteiger partial charge >= 0.3 is 0 Å². The van der Waals surface area contributed by atoms with E-state index >= 15 is 0 Å². The van der Waals surface area contributed by atoms with Gasteiger partial charge in [-0.1, -0.05) is 5.21 Å². The molecular formula is C9H12N4S. The van der Waals surface area contributed by atoms with Gasteiger partial charge in [-0.2, -0.15) is 11.8 Å². The van der Waals surface area contributed by atoms with E-state index in [0.717, 1.165) is 29.0 Å². The molecule has 0 fully saturated rings. The molecule has 0 aliphatic carbocycles. The lowest BCUT2D eigenvalue weighted by Crippen LogP contribution is -2.02. The van der Waals surface area contributed by atoms with Gasteiger partial charge in [-0.25, -0.2) is 4.68 Å². The number of hydrogen-bond acceptors (Lipinski definition) is 4. The van der Waals surface area contributed by atoms with Crippen LogP contribution in [-0.4, -0.2) is 27.0 Å². The molecule has 74 valence electrons. The van der Waals surface area contributed by atoms with Crippen LogP contribution in [0.5, 0.6) is 0 Å². The summed E-state index contributed by atoms with van der Waals surface area (Å²) in [5.74, 6) is 1.04. The van der Waals surface area contributed by atoms with Crippen LogP contribution in [0.15, 0.2) is 18.2 Å². The van der Waals surface area contributed by atoms with Crippen LogP contribution < -0.4 is 5.73 Å². The number of nitrogens with zero attached hydrogens (tertiary/aromatic N) is 3. The van der Waals surface area contributed by atoms with Crippen molar-refractivity contribution >= 4 is 28.5 Å². The molecule has 0 atom stereocenters. The monoisotopic (exact) mass is 208 g/mol. The molecule has 2 aromatic rings. The lowest BCUT2D eigenvalue weighted by molar-refractivity contribution is 0.652. The molecule has 1 aromatic carbocycles. The van der Waals surface area contributed by atoms with Crippen LogP contribution in [0.3, 0.4) is 0 Å². The van der Waals surface area contributed by atoms with Crippen LogP contribution in [0.4, 0.5) is 5.69 Å². The van der Waals surface area contributed by atoms with E-state index in [1.807, 2.05) is 22.9 Å². The zero-order chi connectivity index (χ0) is 9.97. The Balaban J connectivity index is 2.37. The minimum Gasteiger partial charge on any atom is -0.399 e. The molecule has 0 amide bonds. The maximum Gasteiger partial charge on any atom is 0.115 e. The number of hydrogen-bond donors (Lipinski definition) is 1. The Kier molecular flexibility index (Phi) is 2.58. The van der Waals surface area contributed by atoms with E-state index in [1.54, 1.807) is 11.8 Å². The molecule has 0 saturated carbocycles. The summed E-state index contributed by atoms with van der Waals surface area (Å²) in [6.45, 7) is 0.890. The molecule has 0 bridgehead atoms. The highest BCUT2D eigenvalue weighted by atomic mass is 32.2. The van der Waals surface area contributed by atoms with Gasteiger partial charge in [0, 0.05) is 11.4 Å². The van der Waals surface area contributed by atoms with Gasteiger partial charge in [-0.3, -0.25) is 0 Å². The van der Waals surface area contributed by atoms with Crippen molar-refractivity contribution in [2.24, 2.45) is 0 Å². The van der Waals surface area contributed by atoms with Gasteiger partial charge in [-0.05, 0) is 24.5 Å². The van der Waals surface area contributed by atoms with Crippen molar-refractivity contribution in [2.75, 3.05) is 17.7 Å². The zero-order valence-corrected chi connectivity index (χ0v) is 8.79. The summed E-state index contributed by atoms with van der Waals surface area (Å²) in [7, 11) is 0. The summed E-state index contributed by atoms with van der Waals surface area (Å²) in [4.78, 5) is 0. The zero-order valence-electron chi connectivity index (χ0n) is 7.97. The molecule has 2 N–H and O–H groups in total. The predicted octanol–water partition coefficient (Wildman–Crippen LogP) is 1.38. The fourth-order valence-corrected chi connectivity index (χ4v) is 1.69. The number of thioether (sulfide) groups is 1. The molecule has 14 heavy (non-hydrogen) atoms. The fraction of sp³-hybridized carbons (Fsp3) is 0.333. The maximum absolute atomic E-state index is 5.65. The topological polar surface area (TPSA) is 56.7 Å². The van der Waals surface area contributed by atoms with E-state index < -0.39 is 0 Å². The number of nitrogen functional groups attached to an aromatic ring is 1. The molecule has 4 nitrogen and oxygen atoms in total. The van der Waals surface area contributed by atoms with E-state index in [2.05, 4.69) is 16.6 Å². The minimum absolute atomic E-state index is 0.731. The average molecular weight is 208 g/mol. The summed E-state index contributed by atoms with van der Waals surface area (Å²) in [5, 5.41) is 8.13. The molecule has 0 unspecified atom stereocenters. The number of aryl methyl sites for hydroxylation is 1. The predicted molar refractivity (Wildman–Crippen MR) is 60.3 cm³/mol. The van der Waals surface area contributed by atoms with Gasteiger partial charge in [0.15, 0.2) is 0 Å². The second-order valence-electron chi connectivity index (χ2n) is 3.05. The summed E-state index contributed by atoms with van der Waals surface area (Å²) in [6.07, 6.45) is 2.08.